The third kappa shape index (κ3) is 3.39. The average molecular weight is 365 g/mol. The van der Waals surface area contributed by atoms with Crippen LogP contribution in [0.15, 0.2) is 48.8 Å². The summed E-state index contributed by atoms with van der Waals surface area (Å²) in [5.41, 5.74) is 9.38. The lowest BCUT2D eigenvalue weighted by Crippen LogP contribution is -2.44. The highest BCUT2D eigenvalue weighted by Gasteiger charge is 2.29. The molecular weight excluding hydrogens is 342 g/mol. The largest absolute Gasteiger partial charge is 0.497 e. The molecule has 3 N–H and O–H groups in total. The maximum absolute atomic E-state index is 12.3. The number of hydrazine groups is 1. The van der Waals surface area contributed by atoms with Gasteiger partial charge in [0.05, 0.1) is 30.4 Å². The van der Waals surface area contributed by atoms with E-state index in [-0.39, 0.29) is 18.1 Å². The molecule has 2 aromatic heterocycles. The first kappa shape index (κ1) is 17.5. The van der Waals surface area contributed by atoms with Crippen LogP contribution in [0.25, 0.3) is 10.9 Å². The number of nitrogens with one attached hydrogen (secondary N) is 3. The van der Waals surface area contributed by atoms with Gasteiger partial charge in [0.2, 0.25) is 0 Å². The van der Waals surface area contributed by atoms with Gasteiger partial charge in [0.1, 0.15) is 5.75 Å². The van der Waals surface area contributed by atoms with Crippen LogP contribution >= 0.6 is 0 Å². The summed E-state index contributed by atoms with van der Waals surface area (Å²) >= 11 is 0. The Morgan fingerprint density at radius 1 is 1.33 bits per heavy atom. The summed E-state index contributed by atoms with van der Waals surface area (Å²) in [7, 11) is 1.68. The van der Waals surface area contributed by atoms with E-state index in [2.05, 4.69) is 50.8 Å². The summed E-state index contributed by atoms with van der Waals surface area (Å²) in [6, 6.07) is 11.9. The highest BCUT2D eigenvalue weighted by atomic mass is 16.5. The summed E-state index contributed by atoms with van der Waals surface area (Å²) < 4.78 is 7.65. The molecule has 2 unspecified atom stereocenters. The van der Waals surface area contributed by atoms with E-state index in [4.69, 9.17) is 4.74 Å². The summed E-state index contributed by atoms with van der Waals surface area (Å²) in [5.74, 6) is 0.713. The first-order chi connectivity index (χ1) is 13.2. The number of benzene rings is 1. The predicted molar refractivity (Wildman–Crippen MR) is 103 cm³/mol. The van der Waals surface area contributed by atoms with Crippen molar-refractivity contribution in [3.63, 3.8) is 0 Å². The zero-order chi connectivity index (χ0) is 18.8. The van der Waals surface area contributed by atoms with Crippen molar-refractivity contribution in [1.82, 2.24) is 25.7 Å². The fraction of sp³-hybridized carbons (Fsp3) is 0.300. The van der Waals surface area contributed by atoms with Crippen LogP contribution in [-0.4, -0.2) is 28.7 Å². The highest BCUT2D eigenvalue weighted by Crippen LogP contribution is 2.30. The zero-order valence-electron chi connectivity index (χ0n) is 15.4. The molecule has 7 heteroatoms. The van der Waals surface area contributed by atoms with Gasteiger partial charge in [-0.25, -0.2) is 10.9 Å². The van der Waals surface area contributed by atoms with E-state index in [1.807, 2.05) is 6.07 Å². The Bertz CT molecular complexity index is 954. The summed E-state index contributed by atoms with van der Waals surface area (Å²) in [6.45, 7) is 2.99. The monoisotopic (exact) mass is 365 g/mol. The van der Waals surface area contributed by atoms with E-state index in [0.717, 1.165) is 24.2 Å². The lowest BCUT2D eigenvalue weighted by molar-refractivity contribution is 0.0932. The van der Waals surface area contributed by atoms with Crippen molar-refractivity contribution in [2.75, 3.05) is 7.11 Å². The normalized spacial score (nSPS) is 19.3. The molecule has 4 rings (SSSR count). The Labute approximate surface area is 157 Å². The number of hydrogen-bond acceptors (Lipinski definition) is 5. The molecule has 1 amide bonds. The van der Waals surface area contributed by atoms with Gasteiger partial charge in [-0.05, 0) is 37.3 Å². The van der Waals surface area contributed by atoms with Gasteiger partial charge >= 0.3 is 0 Å². The van der Waals surface area contributed by atoms with Crippen LogP contribution in [0.1, 0.15) is 35.4 Å². The minimum atomic E-state index is -0.152. The number of rotatable bonds is 5. The fourth-order valence-electron chi connectivity index (χ4n) is 3.61. The number of fused-ring (bicyclic) bond motifs is 1. The number of carbonyl (C=O) groups excluding carboxylic acids is 1. The van der Waals surface area contributed by atoms with Crippen molar-refractivity contribution in [1.29, 1.82) is 0 Å². The molecule has 27 heavy (non-hydrogen) atoms. The standard InChI is InChI=1S/C20H23N5O2/c1-3-25-17-10-15(27-2)7-6-13(17)9-18(25)16-11-19(24-23-16)22-20(26)14-5-4-8-21-12-14/h4-10,12,16,19,23-24H,3,11H2,1-2H3,(H,22,26). The van der Waals surface area contributed by atoms with Crippen molar-refractivity contribution in [2.24, 2.45) is 0 Å². The van der Waals surface area contributed by atoms with Crippen molar-refractivity contribution < 1.29 is 9.53 Å². The van der Waals surface area contributed by atoms with Gasteiger partial charge in [-0.3, -0.25) is 9.78 Å². The lowest BCUT2D eigenvalue weighted by atomic mass is 10.1. The van der Waals surface area contributed by atoms with Crippen LogP contribution in [-0.2, 0) is 6.54 Å². The Kier molecular flexibility index (Phi) is 4.79. The number of methoxy groups -OCH3 is 1. The van der Waals surface area contributed by atoms with Gasteiger partial charge in [-0.2, -0.15) is 0 Å². The first-order valence-corrected chi connectivity index (χ1v) is 9.08. The lowest BCUT2D eigenvalue weighted by Gasteiger charge is -2.14. The molecule has 0 spiro atoms. The molecule has 1 fully saturated rings. The van der Waals surface area contributed by atoms with Crippen molar-refractivity contribution >= 4 is 16.8 Å². The van der Waals surface area contributed by atoms with E-state index >= 15 is 0 Å². The number of pyridine rings is 1. The molecule has 140 valence electrons. The summed E-state index contributed by atoms with van der Waals surface area (Å²) in [4.78, 5) is 16.3. The number of nitrogens with zero attached hydrogens (tertiary/aromatic N) is 2. The Morgan fingerprint density at radius 2 is 2.22 bits per heavy atom. The maximum atomic E-state index is 12.3. The van der Waals surface area contributed by atoms with Gasteiger partial charge in [-0.15, -0.1) is 0 Å². The molecule has 1 aromatic carbocycles. The van der Waals surface area contributed by atoms with Crippen LogP contribution in [0.5, 0.6) is 5.75 Å². The molecule has 0 saturated carbocycles. The van der Waals surface area contributed by atoms with E-state index in [0.29, 0.717) is 5.56 Å². The van der Waals surface area contributed by atoms with Crippen LogP contribution in [0.2, 0.25) is 0 Å². The highest BCUT2D eigenvalue weighted by molar-refractivity contribution is 5.94. The van der Waals surface area contributed by atoms with E-state index in [1.165, 1.54) is 11.1 Å². The smallest absolute Gasteiger partial charge is 0.254 e. The first-order valence-electron chi connectivity index (χ1n) is 9.08. The van der Waals surface area contributed by atoms with E-state index in [9.17, 15) is 4.79 Å². The maximum Gasteiger partial charge on any atom is 0.254 e. The van der Waals surface area contributed by atoms with E-state index < -0.39 is 0 Å². The quantitative estimate of drug-likeness (QED) is 0.647. The molecule has 3 aromatic rings. The Morgan fingerprint density at radius 3 is 2.96 bits per heavy atom. The minimum absolute atomic E-state index is 0.0996. The summed E-state index contributed by atoms with van der Waals surface area (Å²) in [5, 5.41) is 4.18. The zero-order valence-corrected chi connectivity index (χ0v) is 15.4. The second-order valence-electron chi connectivity index (χ2n) is 6.58. The van der Waals surface area contributed by atoms with Crippen LogP contribution < -0.4 is 20.9 Å². The SMILES string of the molecule is CCn1c(C2CC(NC(=O)c3cccnc3)NN2)cc2ccc(OC)cc21. The topological polar surface area (TPSA) is 80.2 Å². The molecule has 0 bridgehead atoms. The van der Waals surface area contributed by atoms with Gasteiger partial charge < -0.3 is 14.6 Å². The van der Waals surface area contributed by atoms with Crippen molar-refractivity contribution in [2.45, 2.75) is 32.1 Å². The predicted octanol–water partition coefficient (Wildman–Crippen LogP) is 2.36. The van der Waals surface area contributed by atoms with Crippen molar-refractivity contribution in [3.8, 4) is 5.75 Å². The molecule has 0 aliphatic carbocycles. The number of ether oxygens (including phenoxy) is 1. The number of carbonyl (C=O) groups is 1. The van der Waals surface area contributed by atoms with Crippen LogP contribution in [0, 0.1) is 0 Å². The molecule has 1 aliphatic rings. The van der Waals surface area contributed by atoms with Gasteiger partial charge in [0, 0.05) is 42.5 Å². The molecule has 2 atom stereocenters. The molecular formula is C20H23N5O2. The fourth-order valence-corrected chi connectivity index (χ4v) is 3.61. The molecule has 1 saturated heterocycles. The Hall–Kier alpha value is -2.90. The third-order valence-electron chi connectivity index (χ3n) is 4.95. The van der Waals surface area contributed by atoms with Crippen molar-refractivity contribution in [3.05, 3.63) is 60.0 Å². The third-order valence-corrected chi connectivity index (χ3v) is 4.95. The summed E-state index contributed by atoms with van der Waals surface area (Å²) in [6.07, 6.45) is 3.82. The second-order valence-corrected chi connectivity index (χ2v) is 6.58. The van der Waals surface area contributed by atoms with Gasteiger partial charge in [0.15, 0.2) is 0 Å². The molecule has 3 heterocycles. The van der Waals surface area contributed by atoms with Crippen LogP contribution in [0.3, 0.4) is 0 Å². The second kappa shape index (κ2) is 7.38. The molecule has 7 nitrogen and oxygen atoms in total. The number of aromatic nitrogens is 2. The number of aryl methyl sites for hydroxylation is 1. The van der Waals surface area contributed by atoms with Gasteiger partial charge in [0.25, 0.3) is 5.91 Å². The van der Waals surface area contributed by atoms with Crippen LogP contribution in [0.4, 0.5) is 0 Å². The number of hydrogen-bond donors (Lipinski definition) is 3. The van der Waals surface area contributed by atoms with E-state index in [1.54, 1.807) is 31.6 Å². The average Bonchev–Trinajstić information content (AvgIpc) is 3.31. The number of amides is 1. The molecule has 1 aliphatic heterocycles. The Balaban J connectivity index is 1.52. The minimum Gasteiger partial charge on any atom is -0.497 e. The van der Waals surface area contributed by atoms with Gasteiger partial charge in [-0.1, -0.05) is 0 Å². The molecule has 0 radical (unpaired) electrons.